The second-order valence-corrected chi connectivity index (χ2v) is 5.64. The average molecular weight is 320 g/mol. The first-order valence-corrected chi connectivity index (χ1v) is 6.94. The fraction of sp³-hybridized carbons (Fsp3) is 0.167. The molecule has 0 aliphatic heterocycles. The van der Waals surface area contributed by atoms with Gasteiger partial charge in [-0.25, -0.2) is 4.39 Å². The standard InChI is InChI=1S/C12H9BrClFS/c13-10-2-1-9(6-12(10)15)11(14)5-8-3-4-16-7-8/h1-4,6-7,11H,5H2. The fourth-order valence-electron chi connectivity index (χ4n) is 1.44. The molecule has 0 fully saturated rings. The number of rotatable bonds is 3. The van der Waals surface area contributed by atoms with Crippen molar-refractivity contribution in [3.05, 3.63) is 56.4 Å². The van der Waals surface area contributed by atoms with Gasteiger partial charge in [-0.15, -0.1) is 11.6 Å². The van der Waals surface area contributed by atoms with Crippen molar-refractivity contribution in [2.24, 2.45) is 0 Å². The van der Waals surface area contributed by atoms with Crippen LogP contribution in [0.3, 0.4) is 0 Å². The van der Waals surface area contributed by atoms with Crippen LogP contribution < -0.4 is 0 Å². The van der Waals surface area contributed by atoms with Crippen LogP contribution in [0.5, 0.6) is 0 Å². The SMILES string of the molecule is Fc1cc(C(Cl)Cc2ccsc2)ccc1Br. The van der Waals surface area contributed by atoms with Crippen molar-refractivity contribution in [3.63, 3.8) is 0 Å². The Hall–Kier alpha value is -0.380. The van der Waals surface area contributed by atoms with E-state index in [1.165, 1.54) is 11.6 Å². The molecule has 1 unspecified atom stereocenters. The molecule has 0 spiro atoms. The van der Waals surface area contributed by atoms with Gasteiger partial charge in [0, 0.05) is 0 Å². The highest BCUT2D eigenvalue weighted by Gasteiger charge is 2.11. The number of alkyl halides is 1. The Labute approximate surface area is 111 Å². The third kappa shape index (κ3) is 2.84. The van der Waals surface area contributed by atoms with Gasteiger partial charge >= 0.3 is 0 Å². The molecule has 1 aromatic carbocycles. The average Bonchev–Trinajstić information content (AvgIpc) is 2.74. The van der Waals surface area contributed by atoms with E-state index in [2.05, 4.69) is 21.3 Å². The third-order valence-corrected chi connectivity index (χ3v) is 4.08. The van der Waals surface area contributed by atoms with Crippen LogP contribution in [0.1, 0.15) is 16.5 Å². The molecule has 0 aliphatic rings. The highest BCUT2D eigenvalue weighted by atomic mass is 79.9. The van der Waals surface area contributed by atoms with E-state index in [1.54, 1.807) is 17.4 Å². The molecule has 0 aliphatic carbocycles. The third-order valence-electron chi connectivity index (χ3n) is 2.30. The molecule has 0 saturated carbocycles. The summed E-state index contributed by atoms with van der Waals surface area (Å²) < 4.78 is 13.8. The summed E-state index contributed by atoms with van der Waals surface area (Å²) in [6.07, 6.45) is 0.728. The maximum absolute atomic E-state index is 13.3. The summed E-state index contributed by atoms with van der Waals surface area (Å²) in [6, 6.07) is 7.05. The Morgan fingerprint density at radius 3 is 2.81 bits per heavy atom. The van der Waals surface area contributed by atoms with E-state index in [0.29, 0.717) is 4.47 Å². The molecule has 4 heteroatoms. The van der Waals surface area contributed by atoms with Gasteiger partial charge < -0.3 is 0 Å². The Bertz CT molecular complexity index is 470. The van der Waals surface area contributed by atoms with Gasteiger partial charge in [-0.05, 0) is 62.4 Å². The quantitative estimate of drug-likeness (QED) is 0.684. The minimum absolute atomic E-state index is 0.183. The fourth-order valence-corrected chi connectivity index (χ4v) is 2.68. The van der Waals surface area contributed by atoms with Crippen LogP contribution in [0.2, 0.25) is 0 Å². The van der Waals surface area contributed by atoms with Crippen molar-refractivity contribution in [1.82, 2.24) is 0 Å². The molecule has 0 bridgehead atoms. The molecule has 0 N–H and O–H groups in total. The van der Waals surface area contributed by atoms with Gasteiger partial charge in [0.25, 0.3) is 0 Å². The lowest BCUT2D eigenvalue weighted by Crippen LogP contribution is -1.95. The lowest BCUT2D eigenvalue weighted by molar-refractivity contribution is 0.618. The van der Waals surface area contributed by atoms with Crippen molar-refractivity contribution >= 4 is 38.9 Å². The summed E-state index contributed by atoms with van der Waals surface area (Å²) in [5.41, 5.74) is 2.00. The molecule has 2 aromatic rings. The molecule has 1 atom stereocenters. The number of benzene rings is 1. The smallest absolute Gasteiger partial charge is 0.137 e. The maximum atomic E-state index is 13.3. The Kier molecular flexibility index (Phi) is 4.00. The molecular weight excluding hydrogens is 311 g/mol. The summed E-state index contributed by atoms with van der Waals surface area (Å²) >= 11 is 11.0. The van der Waals surface area contributed by atoms with Crippen molar-refractivity contribution in [3.8, 4) is 0 Å². The summed E-state index contributed by atoms with van der Waals surface area (Å²) in [7, 11) is 0. The van der Waals surface area contributed by atoms with Crippen LogP contribution in [0.4, 0.5) is 4.39 Å². The van der Waals surface area contributed by atoms with Gasteiger partial charge in [-0.2, -0.15) is 11.3 Å². The predicted octanol–water partition coefficient (Wildman–Crippen LogP) is 5.17. The van der Waals surface area contributed by atoms with Gasteiger partial charge in [0.05, 0.1) is 9.85 Å². The number of thiophene rings is 1. The van der Waals surface area contributed by atoms with Gasteiger partial charge in [0.2, 0.25) is 0 Å². The molecule has 0 nitrogen and oxygen atoms in total. The van der Waals surface area contributed by atoms with Crippen LogP contribution in [0.15, 0.2) is 39.5 Å². The first-order chi connectivity index (χ1) is 7.66. The Morgan fingerprint density at radius 1 is 1.38 bits per heavy atom. The van der Waals surface area contributed by atoms with E-state index in [-0.39, 0.29) is 11.2 Å². The van der Waals surface area contributed by atoms with E-state index in [1.807, 2.05) is 17.5 Å². The molecule has 84 valence electrons. The van der Waals surface area contributed by atoms with E-state index in [9.17, 15) is 4.39 Å². The van der Waals surface area contributed by atoms with Crippen molar-refractivity contribution in [2.75, 3.05) is 0 Å². The van der Waals surface area contributed by atoms with Gasteiger partial charge in [0.15, 0.2) is 0 Å². The van der Waals surface area contributed by atoms with Crippen LogP contribution in [-0.2, 0) is 6.42 Å². The van der Waals surface area contributed by atoms with Gasteiger partial charge in [-0.1, -0.05) is 6.07 Å². The second-order valence-electron chi connectivity index (χ2n) is 3.48. The largest absolute Gasteiger partial charge is 0.206 e. The first kappa shape index (κ1) is 12.1. The van der Waals surface area contributed by atoms with Crippen molar-refractivity contribution in [1.29, 1.82) is 0 Å². The predicted molar refractivity (Wildman–Crippen MR) is 70.7 cm³/mol. The molecule has 0 saturated heterocycles. The highest BCUT2D eigenvalue weighted by molar-refractivity contribution is 9.10. The van der Waals surface area contributed by atoms with Crippen LogP contribution in [-0.4, -0.2) is 0 Å². The molecule has 0 amide bonds. The monoisotopic (exact) mass is 318 g/mol. The number of hydrogen-bond donors (Lipinski definition) is 0. The van der Waals surface area contributed by atoms with Crippen molar-refractivity contribution < 1.29 is 4.39 Å². The summed E-state index contributed by atoms with van der Waals surface area (Å²) in [4.78, 5) is 0. The van der Waals surface area contributed by atoms with Gasteiger partial charge in [-0.3, -0.25) is 0 Å². The molecule has 2 rings (SSSR count). The molecule has 1 aromatic heterocycles. The Morgan fingerprint density at radius 2 is 2.19 bits per heavy atom. The van der Waals surface area contributed by atoms with E-state index < -0.39 is 0 Å². The lowest BCUT2D eigenvalue weighted by atomic mass is 10.1. The minimum Gasteiger partial charge on any atom is -0.206 e. The highest BCUT2D eigenvalue weighted by Crippen LogP contribution is 2.28. The van der Waals surface area contributed by atoms with E-state index in [4.69, 9.17) is 11.6 Å². The van der Waals surface area contributed by atoms with E-state index >= 15 is 0 Å². The normalized spacial score (nSPS) is 12.7. The zero-order valence-corrected chi connectivity index (χ0v) is 11.4. The summed E-state index contributed by atoms with van der Waals surface area (Å²) in [6.45, 7) is 0. The molecule has 1 heterocycles. The van der Waals surface area contributed by atoms with Crippen LogP contribution >= 0.6 is 38.9 Å². The first-order valence-electron chi connectivity index (χ1n) is 4.77. The van der Waals surface area contributed by atoms with Crippen LogP contribution in [0.25, 0.3) is 0 Å². The number of halogens is 3. The zero-order chi connectivity index (χ0) is 11.5. The lowest BCUT2D eigenvalue weighted by Gasteiger charge is -2.09. The topological polar surface area (TPSA) is 0 Å². The molecule has 0 radical (unpaired) electrons. The molecule has 16 heavy (non-hydrogen) atoms. The second kappa shape index (κ2) is 5.30. The van der Waals surface area contributed by atoms with Crippen molar-refractivity contribution in [2.45, 2.75) is 11.8 Å². The van der Waals surface area contributed by atoms with Gasteiger partial charge in [0.1, 0.15) is 5.82 Å². The minimum atomic E-state index is -0.270. The van der Waals surface area contributed by atoms with Crippen LogP contribution in [0, 0.1) is 5.82 Å². The zero-order valence-electron chi connectivity index (χ0n) is 8.29. The summed E-state index contributed by atoms with van der Waals surface area (Å²) in [5, 5.41) is 3.89. The number of hydrogen-bond acceptors (Lipinski definition) is 1. The molecular formula is C12H9BrClFS. The summed E-state index contributed by atoms with van der Waals surface area (Å²) in [5.74, 6) is -0.270. The maximum Gasteiger partial charge on any atom is 0.137 e. The Balaban J connectivity index is 2.14. The van der Waals surface area contributed by atoms with E-state index in [0.717, 1.165) is 12.0 Å².